The van der Waals surface area contributed by atoms with Crippen LogP contribution in [0.1, 0.15) is 181 Å². The molecule has 606 valence electrons. The highest BCUT2D eigenvalue weighted by molar-refractivity contribution is 5.87. The van der Waals surface area contributed by atoms with Crippen molar-refractivity contribution in [3.05, 3.63) is 111 Å². The molecule has 8 heterocycles. The molecule has 4 aliphatic heterocycles. The van der Waals surface area contributed by atoms with Gasteiger partial charge in [-0.1, -0.05) is 27.7 Å². The average molecular weight is 1540 g/mol. The predicted octanol–water partition coefficient (Wildman–Crippen LogP) is 2.53. The van der Waals surface area contributed by atoms with E-state index in [1.807, 2.05) is 0 Å². The summed E-state index contributed by atoms with van der Waals surface area (Å²) in [6, 6.07) is 3.96. The number of anilines is 2. The third-order valence-corrected chi connectivity index (χ3v) is 17.0. The van der Waals surface area contributed by atoms with Crippen molar-refractivity contribution in [2.75, 3.05) is 43.2 Å². The van der Waals surface area contributed by atoms with E-state index in [-0.39, 0.29) is 88.2 Å². The molecular weight excluding hydrogens is 1430 g/mol. The van der Waals surface area contributed by atoms with Crippen molar-refractivity contribution in [3.63, 3.8) is 0 Å². The number of hydrogen-bond acceptors (Lipinski definition) is 30. The van der Waals surface area contributed by atoms with Crippen LogP contribution in [0, 0.1) is 30.6 Å². The number of carbonyl (C=O) groups excluding carboxylic acids is 5. The number of aryl methyl sites for hydroxylation is 1. The molecule has 4 aliphatic rings. The smallest absolute Gasteiger partial charge is 0.425 e. The Balaban J connectivity index is 0.000000259. The Hall–Kier alpha value is -8.41. The summed E-state index contributed by atoms with van der Waals surface area (Å²) < 4.78 is 54.2. The first kappa shape index (κ1) is 90.2. The van der Waals surface area contributed by atoms with Gasteiger partial charge in [-0.25, -0.2) is 38.4 Å². The first-order chi connectivity index (χ1) is 49.9. The number of nitrogens with zero attached hydrogens (tertiary/aromatic N) is 9. The van der Waals surface area contributed by atoms with Gasteiger partial charge in [-0.05, 0) is 142 Å². The Morgan fingerprint density at radius 3 is 1.25 bits per heavy atom. The zero-order valence-corrected chi connectivity index (χ0v) is 64.5. The van der Waals surface area contributed by atoms with Crippen LogP contribution < -0.4 is 44.1 Å². The van der Waals surface area contributed by atoms with Gasteiger partial charge in [-0.2, -0.15) is 19.1 Å². The fourth-order valence-corrected chi connectivity index (χ4v) is 11.7. The fraction of sp³-hybridized carbons (Fsp3) is 0.700. The Labute approximate surface area is 622 Å². The summed E-state index contributed by atoms with van der Waals surface area (Å²) in [4.78, 5) is 144. The van der Waals surface area contributed by atoms with E-state index in [1.165, 1.54) is 53.0 Å². The molecule has 4 fully saturated rings. The van der Waals surface area contributed by atoms with Crippen molar-refractivity contribution < 1.29 is 107 Å². The normalized spacial score (nSPS) is 25.6. The molecule has 4 saturated heterocycles. The molecule has 4 aromatic rings. The molecule has 4 unspecified atom stereocenters. The summed E-state index contributed by atoms with van der Waals surface area (Å²) in [6.07, 6.45) is -6.33. The van der Waals surface area contributed by atoms with Crippen LogP contribution in [0.2, 0.25) is 0 Å². The van der Waals surface area contributed by atoms with Crippen LogP contribution in [0.4, 0.5) is 30.8 Å². The summed E-state index contributed by atoms with van der Waals surface area (Å²) in [5.74, 6) is -1.64. The molecule has 0 aliphatic carbocycles. The van der Waals surface area contributed by atoms with Crippen LogP contribution in [0.15, 0.2) is 71.8 Å². The molecule has 38 nitrogen and oxygen atoms in total. The summed E-state index contributed by atoms with van der Waals surface area (Å²) in [5, 5.41) is 79.6. The number of carbonyl (C=O) groups is 5. The van der Waals surface area contributed by atoms with E-state index >= 15 is 0 Å². The number of aliphatic hydroxyl groups excluding tert-OH is 8. The second-order valence-electron chi connectivity index (χ2n) is 31.1. The van der Waals surface area contributed by atoms with Gasteiger partial charge >= 0.3 is 47.1 Å². The quantitative estimate of drug-likeness (QED) is 0.0510. The number of aliphatic hydroxyl groups is 8. The minimum atomic E-state index is -1.07. The zero-order valence-electron chi connectivity index (χ0n) is 64.5. The number of amides is 2. The molecule has 2 amide bonds. The highest BCUT2D eigenvalue weighted by Gasteiger charge is 2.46. The monoisotopic (exact) mass is 1540 g/mol. The van der Waals surface area contributed by atoms with Gasteiger partial charge in [0.15, 0.2) is 0 Å². The van der Waals surface area contributed by atoms with Crippen LogP contribution in [0.3, 0.4) is 0 Å². The SMILES string of the molecule is CC1[C@@H](O)[C@@H](CCO)O[C@H]1n1ccc(=O)n(C(=O)OC(C)(C)C)c1=O.CC1[C@@H](O)[C@@H](CCO)O[C@H]1n1ccc(N(CC(C)(C)OC=O)C(=O)OC(C)(C)C)nc1=O.CC1[C@@H](O)[C@@H](CCO)O[C@H]1n1ccc(NC(=O)OC(C)(C)C)nc1=O.Cc1cn([C@@H]2O[C@H](CCO)[C@H](O)C2C)c(=O)n(C(=O)OC(C)(C)C)c1=O. The van der Waals surface area contributed by atoms with E-state index in [9.17, 15) is 73.2 Å². The lowest BCUT2D eigenvalue weighted by Gasteiger charge is -2.32. The van der Waals surface area contributed by atoms with Crippen molar-refractivity contribution in [2.45, 2.75) is 259 Å². The first-order valence-electron chi connectivity index (χ1n) is 35.2. The highest BCUT2D eigenvalue weighted by Crippen LogP contribution is 2.39. The molecule has 16 atom stereocenters. The van der Waals surface area contributed by atoms with E-state index in [0.29, 0.717) is 9.13 Å². The van der Waals surface area contributed by atoms with Crippen molar-refractivity contribution in [1.29, 1.82) is 0 Å². The van der Waals surface area contributed by atoms with E-state index < -0.39 is 178 Å². The van der Waals surface area contributed by atoms with E-state index in [2.05, 4.69) is 15.3 Å². The van der Waals surface area contributed by atoms with Crippen LogP contribution in [0.5, 0.6) is 0 Å². The van der Waals surface area contributed by atoms with Crippen LogP contribution >= 0.6 is 0 Å². The minimum absolute atomic E-state index is 0.0150. The lowest BCUT2D eigenvalue weighted by molar-refractivity contribution is -0.139. The topological polar surface area (TPSA) is 503 Å². The standard InChI is InChI=1S/C21H33N3O8.C17H26N2O7.C16H25N3O6.C16H24N2O7/c1-13-16(27)14(8-10-25)31-17(13)23-9-7-15(22-18(23)28)24(11-21(5,6)30-12-26)19(29)32-20(2,3)4;1-9-8-18(14-10(2)12(21)11(25-14)6-7-20)15(23)19(13(9)22)16(24)26-17(3,4)5;1-9-12(21)10(6-8-20)24-13(9)19-7-5-11(17-14(19)22)18-15(23)25-16(2,3)4;1-9-12(21)10(6-8-19)24-13(9)17-7-5-11(20)18(14(17)22)15(23)25-16(2,3)4/h7,9,12-14,16-17,25,27H,8,10-11H2,1-6H3;8,10-12,14,20-21H,6-7H2,1-5H3;5,7,9-10,12-13,20-21H,6,8H2,1-4H3,(H,17,18,22,23);5,7,9-10,12-13,19,21H,6,8H2,1-4H3/t13?,14-,16-,17-;10?,11-,12-,14-;2*9?,10-,12-,13-/m1111/s1. The molecule has 8 rings (SSSR count). The lowest BCUT2D eigenvalue weighted by Crippen LogP contribution is -2.47. The first-order valence-corrected chi connectivity index (χ1v) is 35.2. The summed E-state index contributed by atoms with van der Waals surface area (Å²) in [6.45, 7) is 31.1. The maximum Gasteiger partial charge on any atom is 0.425 e. The Bertz CT molecular complexity index is 4100. The van der Waals surface area contributed by atoms with Gasteiger partial charge in [0, 0.05) is 86.5 Å². The largest absolute Gasteiger partial charge is 0.460 e. The van der Waals surface area contributed by atoms with Gasteiger partial charge in [0.25, 0.3) is 17.6 Å². The van der Waals surface area contributed by atoms with Gasteiger partial charge in [0.05, 0.1) is 55.4 Å². The van der Waals surface area contributed by atoms with Crippen LogP contribution in [0.25, 0.3) is 0 Å². The number of rotatable bonds is 18. The maximum atomic E-state index is 12.8. The average Bonchev–Trinajstić information content (AvgIpc) is 1.48. The highest BCUT2D eigenvalue weighted by atomic mass is 16.6. The van der Waals surface area contributed by atoms with Crippen molar-refractivity contribution in [3.8, 4) is 0 Å². The van der Waals surface area contributed by atoms with Gasteiger partial charge in [-0.15, -0.1) is 0 Å². The Kier molecular flexibility index (Phi) is 31.2. The Morgan fingerprint density at radius 1 is 0.509 bits per heavy atom. The molecule has 9 N–H and O–H groups in total. The number of aromatic nitrogens is 8. The van der Waals surface area contributed by atoms with Gasteiger partial charge < -0.3 is 83.5 Å². The molecule has 0 radical (unpaired) electrons. The molecule has 0 saturated carbocycles. The van der Waals surface area contributed by atoms with E-state index in [0.717, 1.165) is 20.1 Å². The second kappa shape index (κ2) is 37.3. The third kappa shape index (κ3) is 23.8. The van der Waals surface area contributed by atoms with Gasteiger partial charge in [0.1, 0.15) is 64.6 Å². The molecule has 0 aromatic carbocycles. The minimum Gasteiger partial charge on any atom is -0.460 e. The Morgan fingerprint density at radius 2 is 0.870 bits per heavy atom. The van der Waals surface area contributed by atoms with Crippen molar-refractivity contribution >= 4 is 42.5 Å². The zero-order chi connectivity index (χ0) is 81.8. The van der Waals surface area contributed by atoms with E-state index in [1.54, 1.807) is 125 Å². The molecule has 0 bridgehead atoms. The lowest BCUT2D eigenvalue weighted by atomic mass is 10.0. The summed E-state index contributed by atoms with van der Waals surface area (Å²) in [7, 11) is 0. The van der Waals surface area contributed by atoms with Crippen molar-refractivity contribution in [2.24, 2.45) is 23.7 Å². The van der Waals surface area contributed by atoms with Gasteiger partial charge in [-0.3, -0.25) is 42.9 Å². The molecular formula is C70H108N10O28. The number of hydrogen-bond donors (Lipinski definition) is 9. The number of nitrogens with one attached hydrogen (secondary N) is 1. The van der Waals surface area contributed by atoms with Crippen LogP contribution in [-0.4, -0.2) is 219 Å². The molecule has 38 heteroatoms. The third-order valence-electron chi connectivity index (χ3n) is 17.0. The molecule has 4 aromatic heterocycles. The van der Waals surface area contributed by atoms with E-state index in [4.69, 9.17) is 63.1 Å². The molecule has 0 spiro atoms. The molecule has 108 heavy (non-hydrogen) atoms. The second-order valence-corrected chi connectivity index (χ2v) is 31.1. The fourth-order valence-electron chi connectivity index (χ4n) is 11.7. The summed E-state index contributed by atoms with van der Waals surface area (Å²) in [5.41, 5.74) is -8.83. The van der Waals surface area contributed by atoms with Crippen LogP contribution in [-0.2, 0) is 47.4 Å². The van der Waals surface area contributed by atoms with Crippen molar-refractivity contribution in [1.82, 2.24) is 37.4 Å². The predicted molar refractivity (Wildman–Crippen MR) is 383 cm³/mol. The number of ether oxygens (including phenoxy) is 9. The maximum absolute atomic E-state index is 12.8. The van der Waals surface area contributed by atoms with Gasteiger partial charge in [0.2, 0.25) is 0 Å². The summed E-state index contributed by atoms with van der Waals surface area (Å²) >= 11 is 0.